The van der Waals surface area contributed by atoms with Crippen molar-refractivity contribution in [1.29, 1.82) is 0 Å². The summed E-state index contributed by atoms with van der Waals surface area (Å²) in [5.74, 6) is 1.01. The van der Waals surface area contributed by atoms with Crippen LogP contribution in [0.3, 0.4) is 0 Å². The minimum atomic E-state index is -3.60. The van der Waals surface area contributed by atoms with Crippen molar-refractivity contribution in [2.45, 2.75) is 75.5 Å². The summed E-state index contributed by atoms with van der Waals surface area (Å²) in [5, 5.41) is 5.27. The van der Waals surface area contributed by atoms with Crippen molar-refractivity contribution in [2.75, 3.05) is 12.4 Å². The largest absolute Gasteiger partial charge is 0.324 e. The van der Waals surface area contributed by atoms with Crippen LogP contribution in [-0.4, -0.2) is 58.5 Å². The van der Waals surface area contributed by atoms with E-state index in [1.54, 1.807) is 59.2 Å². The number of sulfonamides is 1. The Labute approximate surface area is 223 Å². The van der Waals surface area contributed by atoms with E-state index in [1.165, 1.54) is 4.88 Å². The molecule has 5 rings (SSSR count). The van der Waals surface area contributed by atoms with E-state index in [-0.39, 0.29) is 6.04 Å². The number of thiophene rings is 1. The average molecular weight is 539 g/mol. The molecular formula is C27H34N6O2S2. The minimum absolute atomic E-state index is 0.0168. The smallest absolute Gasteiger partial charge is 0.243 e. The molecule has 4 heterocycles. The number of piperidine rings is 1. The number of nitrogens with zero attached hydrogens (tertiary/aromatic N) is 5. The zero-order valence-electron chi connectivity index (χ0n) is 21.5. The maximum absolute atomic E-state index is 13.5. The maximum Gasteiger partial charge on any atom is 0.243 e. The Morgan fingerprint density at radius 2 is 1.89 bits per heavy atom. The van der Waals surface area contributed by atoms with Crippen molar-refractivity contribution < 1.29 is 8.42 Å². The Morgan fingerprint density at radius 3 is 2.54 bits per heavy atom. The van der Waals surface area contributed by atoms with Gasteiger partial charge in [0, 0.05) is 60.3 Å². The van der Waals surface area contributed by atoms with E-state index in [0.29, 0.717) is 28.7 Å². The van der Waals surface area contributed by atoms with Crippen molar-refractivity contribution in [3.8, 4) is 0 Å². The summed E-state index contributed by atoms with van der Waals surface area (Å²) in [6.07, 6.45) is 6.56. The van der Waals surface area contributed by atoms with Crippen LogP contribution in [0.5, 0.6) is 0 Å². The number of anilines is 2. The van der Waals surface area contributed by atoms with E-state index in [9.17, 15) is 8.42 Å². The molecule has 2 aliphatic heterocycles. The maximum atomic E-state index is 13.5. The van der Waals surface area contributed by atoms with Gasteiger partial charge in [0.25, 0.3) is 0 Å². The van der Waals surface area contributed by atoms with Gasteiger partial charge in [-0.1, -0.05) is 13.0 Å². The lowest BCUT2D eigenvalue weighted by molar-refractivity contribution is 0.0916. The van der Waals surface area contributed by atoms with E-state index < -0.39 is 10.0 Å². The summed E-state index contributed by atoms with van der Waals surface area (Å²) >= 11 is 1.80. The number of fused-ring (bicyclic) bond motifs is 2. The third-order valence-corrected chi connectivity index (χ3v) is 10.3. The van der Waals surface area contributed by atoms with Crippen LogP contribution < -0.4 is 5.32 Å². The first-order valence-corrected chi connectivity index (χ1v) is 15.2. The average Bonchev–Trinajstić information content (AvgIpc) is 3.48. The SMILES string of the molecule is CCC(C)=Nc1ccnc(Nc2ccc(S(=O)(=O)N(C)C3CC4CCC(C3)N4Cc3cccs3)cc2)n1. The molecule has 2 aromatic heterocycles. The molecule has 2 fully saturated rings. The molecule has 0 aliphatic carbocycles. The number of hydrogen-bond acceptors (Lipinski definition) is 8. The van der Waals surface area contributed by atoms with E-state index >= 15 is 0 Å². The van der Waals surface area contributed by atoms with Crippen LogP contribution in [0.25, 0.3) is 0 Å². The summed E-state index contributed by atoms with van der Waals surface area (Å²) in [6.45, 7) is 4.98. The third kappa shape index (κ3) is 5.77. The van der Waals surface area contributed by atoms with Gasteiger partial charge in [0.15, 0.2) is 5.82 Å². The molecule has 2 bridgehead atoms. The highest BCUT2D eigenvalue weighted by molar-refractivity contribution is 7.89. The molecule has 1 N–H and O–H groups in total. The molecule has 2 saturated heterocycles. The number of rotatable bonds is 9. The molecule has 2 unspecified atom stereocenters. The molecule has 8 nitrogen and oxygen atoms in total. The number of nitrogens with one attached hydrogen (secondary N) is 1. The van der Waals surface area contributed by atoms with E-state index in [1.807, 2.05) is 13.8 Å². The van der Waals surface area contributed by atoms with Crippen LogP contribution in [0, 0.1) is 0 Å². The van der Waals surface area contributed by atoms with Crippen LogP contribution in [0.2, 0.25) is 0 Å². The first-order valence-electron chi connectivity index (χ1n) is 12.8. The normalized spacial score (nSPS) is 22.5. The van der Waals surface area contributed by atoms with Gasteiger partial charge in [0.2, 0.25) is 16.0 Å². The second-order valence-electron chi connectivity index (χ2n) is 9.87. The predicted molar refractivity (Wildman–Crippen MR) is 149 cm³/mol. The Bertz CT molecular complexity index is 1330. The van der Waals surface area contributed by atoms with Crippen molar-refractivity contribution in [3.63, 3.8) is 0 Å². The van der Waals surface area contributed by atoms with Gasteiger partial charge in [-0.05, 0) is 74.7 Å². The van der Waals surface area contributed by atoms with Gasteiger partial charge < -0.3 is 5.32 Å². The van der Waals surface area contributed by atoms with Gasteiger partial charge in [-0.25, -0.2) is 18.4 Å². The predicted octanol–water partition coefficient (Wildman–Crippen LogP) is 5.60. The van der Waals surface area contributed by atoms with Crippen molar-refractivity contribution in [3.05, 3.63) is 58.9 Å². The fourth-order valence-electron chi connectivity index (χ4n) is 5.33. The monoisotopic (exact) mass is 538 g/mol. The number of aromatic nitrogens is 2. The van der Waals surface area contributed by atoms with Crippen molar-refractivity contribution in [1.82, 2.24) is 19.2 Å². The molecule has 196 valence electrons. The standard InChI is InChI=1S/C27H34N6O2S2/c1-4-19(2)29-26-13-14-28-27(31-26)30-20-7-11-25(12-8-20)37(34,35)32(3)23-16-21-9-10-22(17-23)33(21)18-24-6-5-15-36-24/h5-8,11-15,21-23H,4,9-10,16-18H2,1-3H3,(H,28,30,31). The quantitative estimate of drug-likeness (QED) is 0.357. The topological polar surface area (TPSA) is 90.8 Å². The van der Waals surface area contributed by atoms with Gasteiger partial charge in [0.1, 0.15) is 0 Å². The van der Waals surface area contributed by atoms with Crippen LogP contribution in [0.15, 0.2) is 63.9 Å². The lowest BCUT2D eigenvalue weighted by Crippen LogP contribution is -2.50. The Balaban J connectivity index is 1.24. The summed E-state index contributed by atoms with van der Waals surface area (Å²) in [4.78, 5) is 17.4. The van der Waals surface area contributed by atoms with E-state index in [0.717, 1.165) is 50.0 Å². The minimum Gasteiger partial charge on any atom is -0.324 e. The number of benzene rings is 1. The van der Waals surface area contributed by atoms with Gasteiger partial charge in [-0.15, -0.1) is 11.3 Å². The molecule has 2 aliphatic rings. The third-order valence-electron chi connectivity index (χ3n) is 7.54. The number of aliphatic imine (C=N–C) groups is 1. The Hall–Kier alpha value is -2.66. The number of hydrogen-bond donors (Lipinski definition) is 1. The molecule has 1 aromatic carbocycles. The second kappa shape index (κ2) is 11.0. The van der Waals surface area contributed by atoms with Crippen molar-refractivity contribution in [2.24, 2.45) is 4.99 Å². The first-order chi connectivity index (χ1) is 17.8. The van der Waals surface area contributed by atoms with Gasteiger partial charge >= 0.3 is 0 Å². The highest BCUT2D eigenvalue weighted by Crippen LogP contribution is 2.40. The van der Waals surface area contributed by atoms with Gasteiger partial charge in [0.05, 0.1) is 4.90 Å². The zero-order chi connectivity index (χ0) is 26.0. The van der Waals surface area contributed by atoms with Crippen LogP contribution in [0.1, 0.15) is 50.8 Å². The molecular weight excluding hydrogens is 504 g/mol. The molecule has 2 atom stereocenters. The molecule has 0 amide bonds. The van der Waals surface area contributed by atoms with Gasteiger partial charge in [-0.2, -0.15) is 9.29 Å². The zero-order valence-corrected chi connectivity index (χ0v) is 23.2. The van der Waals surface area contributed by atoms with Gasteiger partial charge in [-0.3, -0.25) is 4.90 Å². The second-order valence-corrected chi connectivity index (χ2v) is 12.9. The highest BCUT2D eigenvalue weighted by Gasteiger charge is 2.44. The fourth-order valence-corrected chi connectivity index (χ4v) is 7.42. The molecule has 0 radical (unpaired) electrons. The fraction of sp³-hybridized carbons (Fsp3) is 0.444. The van der Waals surface area contributed by atoms with Crippen LogP contribution in [-0.2, 0) is 16.6 Å². The lowest BCUT2D eigenvalue weighted by atomic mass is 9.97. The summed E-state index contributed by atoms with van der Waals surface area (Å²) in [6, 6.07) is 13.8. The summed E-state index contributed by atoms with van der Waals surface area (Å²) in [7, 11) is -1.86. The molecule has 37 heavy (non-hydrogen) atoms. The molecule has 0 saturated carbocycles. The first kappa shape index (κ1) is 26.0. The molecule has 3 aromatic rings. The van der Waals surface area contributed by atoms with E-state index in [2.05, 4.69) is 42.7 Å². The van der Waals surface area contributed by atoms with Crippen molar-refractivity contribution >= 4 is 44.5 Å². The summed E-state index contributed by atoms with van der Waals surface area (Å²) in [5.41, 5.74) is 1.71. The molecule has 0 spiro atoms. The summed E-state index contributed by atoms with van der Waals surface area (Å²) < 4.78 is 28.6. The lowest BCUT2D eigenvalue weighted by Gasteiger charge is -2.41. The van der Waals surface area contributed by atoms with Crippen LogP contribution in [0.4, 0.5) is 17.5 Å². The molecule has 10 heteroatoms. The highest BCUT2D eigenvalue weighted by atomic mass is 32.2. The van der Waals surface area contributed by atoms with Crippen LogP contribution >= 0.6 is 11.3 Å². The Kier molecular flexibility index (Phi) is 7.71. The Morgan fingerprint density at radius 1 is 1.16 bits per heavy atom. The van der Waals surface area contributed by atoms with E-state index in [4.69, 9.17) is 0 Å².